The zero-order valence-electron chi connectivity index (χ0n) is 9.13. The predicted octanol–water partition coefficient (Wildman–Crippen LogP) is 1.51. The molecule has 1 atom stereocenters. The second-order valence-electron chi connectivity index (χ2n) is 3.38. The summed E-state index contributed by atoms with van der Waals surface area (Å²) in [4.78, 5) is 18.7. The lowest BCUT2D eigenvalue weighted by molar-refractivity contribution is 0.117. The standard InChI is InChI=1S/C10H15IN2O2/c1-4-7-9(11)10(14)13-8(12-7)5-6(2)15-3/h6H,4-5H2,1-3H3,(H,12,13,14). The van der Waals surface area contributed by atoms with Crippen LogP contribution in [-0.2, 0) is 17.6 Å². The van der Waals surface area contributed by atoms with Crippen LogP contribution in [0.1, 0.15) is 25.4 Å². The average molecular weight is 322 g/mol. The molecule has 5 heteroatoms. The molecule has 0 saturated carbocycles. The van der Waals surface area contributed by atoms with Crippen LogP contribution >= 0.6 is 22.6 Å². The van der Waals surface area contributed by atoms with Crippen molar-refractivity contribution < 1.29 is 4.74 Å². The smallest absolute Gasteiger partial charge is 0.264 e. The molecule has 0 aromatic carbocycles. The van der Waals surface area contributed by atoms with E-state index >= 15 is 0 Å². The van der Waals surface area contributed by atoms with Gasteiger partial charge in [0.1, 0.15) is 5.82 Å². The van der Waals surface area contributed by atoms with Gasteiger partial charge in [-0.05, 0) is 35.9 Å². The van der Waals surface area contributed by atoms with Crippen LogP contribution in [0.25, 0.3) is 0 Å². The molecule has 1 heterocycles. The molecule has 4 nitrogen and oxygen atoms in total. The van der Waals surface area contributed by atoms with E-state index in [0.717, 1.165) is 12.1 Å². The van der Waals surface area contributed by atoms with Crippen molar-refractivity contribution in [2.45, 2.75) is 32.8 Å². The monoisotopic (exact) mass is 322 g/mol. The highest BCUT2D eigenvalue weighted by molar-refractivity contribution is 14.1. The maximum Gasteiger partial charge on any atom is 0.264 e. The molecule has 84 valence electrons. The first-order chi connectivity index (χ1) is 7.08. The first-order valence-electron chi connectivity index (χ1n) is 4.88. The number of aromatic nitrogens is 2. The second-order valence-corrected chi connectivity index (χ2v) is 4.46. The quantitative estimate of drug-likeness (QED) is 0.855. The van der Waals surface area contributed by atoms with Gasteiger partial charge in [0.25, 0.3) is 5.56 Å². The van der Waals surface area contributed by atoms with E-state index < -0.39 is 0 Å². The van der Waals surface area contributed by atoms with Gasteiger partial charge >= 0.3 is 0 Å². The molecule has 0 amide bonds. The van der Waals surface area contributed by atoms with Crippen molar-refractivity contribution in [2.24, 2.45) is 0 Å². The molecule has 0 aliphatic heterocycles. The number of methoxy groups -OCH3 is 1. The Bertz CT molecular complexity index is 389. The van der Waals surface area contributed by atoms with Gasteiger partial charge in [-0.3, -0.25) is 4.79 Å². The zero-order chi connectivity index (χ0) is 11.4. The van der Waals surface area contributed by atoms with Crippen LogP contribution in [0.15, 0.2) is 4.79 Å². The minimum absolute atomic E-state index is 0.0549. The number of nitrogens with zero attached hydrogens (tertiary/aromatic N) is 1. The molecule has 1 rings (SSSR count). The third-order valence-electron chi connectivity index (χ3n) is 2.20. The number of rotatable bonds is 4. The number of nitrogens with one attached hydrogen (secondary N) is 1. The lowest BCUT2D eigenvalue weighted by atomic mass is 10.2. The summed E-state index contributed by atoms with van der Waals surface area (Å²) in [7, 11) is 1.65. The minimum Gasteiger partial charge on any atom is -0.381 e. The van der Waals surface area contributed by atoms with Gasteiger partial charge in [0.05, 0.1) is 15.4 Å². The summed E-state index contributed by atoms with van der Waals surface area (Å²) in [6.45, 7) is 3.94. The van der Waals surface area contributed by atoms with Crippen LogP contribution in [0.3, 0.4) is 0 Å². The lowest BCUT2D eigenvalue weighted by Gasteiger charge is -2.09. The Balaban J connectivity index is 3.01. The number of aryl methyl sites for hydroxylation is 1. The van der Waals surface area contributed by atoms with Crippen molar-refractivity contribution in [1.29, 1.82) is 0 Å². The van der Waals surface area contributed by atoms with Gasteiger partial charge in [0.2, 0.25) is 0 Å². The summed E-state index contributed by atoms with van der Waals surface area (Å²) in [5.74, 6) is 0.701. The number of hydrogen-bond acceptors (Lipinski definition) is 3. The van der Waals surface area contributed by atoms with E-state index in [2.05, 4.69) is 9.97 Å². The lowest BCUT2D eigenvalue weighted by Crippen LogP contribution is -2.21. The molecule has 0 radical (unpaired) electrons. The number of H-pyrrole nitrogens is 1. The van der Waals surface area contributed by atoms with Crippen LogP contribution in [0.2, 0.25) is 0 Å². The number of hydrogen-bond donors (Lipinski definition) is 1. The second kappa shape index (κ2) is 5.60. The molecular weight excluding hydrogens is 307 g/mol. The van der Waals surface area contributed by atoms with Gasteiger partial charge in [0.15, 0.2) is 0 Å². The van der Waals surface area contributed by atoms with E-state index in [4.69, 9.17) is 4.74 Å². The molecular formula is C10H15IN2O2. The Morgan fingerprint density at radius 3 is 2.80 bits per heavy atom. The Labute approximate surface area is 103 Å². The fraction of sp³-hybridized carbons (Fsp3) is 0.600. The van der Waals surface area contributed by atoms with Gasteiger partial charge in [-0.1, -0.05) is 6.92 Å². The fourth-order valence-electron chi connectivity index (χ4n) is 1.24. The Morgan fingerprint density at radius 1 is 1.60 bits per heavy atom. The molecule has 1 N–H and O–H groups in total. The number of halogens is 1. The third kappa shape index (κ3) is 3.27. The van der Waals surface area contributed by atoms with Gasteiger partial charge < -0.3 is 9.72 Å². The number of ether oxygens (including phenoxy) is 1. The first-order valence-corrected chi connectivity index (χ1v) is 5.96. The molecule has 0 bridgehead atoms. The van der Waals surface area contributed by atoms with Crippen LogP contribution in [0.4, 0.5) is 0 Å². The summed E-state index contributed by atoms with van der Waals surface area (Å²) in [5, 5.41) is 0. The van der Waals surface area contributed by atoms with Crippen LogP contribution in [0, 0.1) is 3.57 Å². The SMILES string of the molecule is CCc1nc(CC(C)OC)[nH]c(=O)c1I. The van der Waals surface area contributed by atoms with Crippen molar-refractivity contribution in [3.8, 4) is 0 Å². The van der Waals surface area contributed by atoms with Crippen LogP contribution in [-0.4, -0.2) is 23.2 Å². The molecule has 1 unspecified atom stereocenters. The maximum absolute atomic E-state index is 11.5. The summed E-state index contributed by atoms with van der Waals surface area (Å²) in [6.07, 6.45) is 1.48. The van der Waals surface area contributed by atoms with Gasteiger partial charge in [0, 0.05) is 13.5 Å². The zero-order valence-corrected chi connectivity index (χ0v) is 11.3. The fourth-order valence-corrected chi connectivity index (χ4v) is 1.88. The largest absolute Gasteiger partial charge is 0.381 e. The molecule has 1 aromatic heterocycles. The van der Waals surface area contributed by atoms with E-state index in [-0.39, 0.29) is 11.7 Å². The molecule has 1 aromatic rings. The van der Waals surface area contributed by atoms with Crippen molar-refractivity contribution in [2.75, 3.05) is 7.11 Å². The van der Waals surface area contributed by atoms with Crippen LogP contribution in [0.5, 0.6) is 0 Å². The number of aromatic amines is 1. The van der Waals surface area contributed by atoms with E-state index in [1.54, 1.807) is 7.11 Å². The highest BCUT2D eigenvalue weighted by Gasteiger charge is 2.09. The molecule has 0 fully saturated rings. The summed E-state index contributed by atoms with van der Waals surface area (Å²) in [5.41, 5.74) is 0.804. The summed E-state index contributed by atoms with van der Waals surface area (Å²) in [6, 6.07) is 0. The van der Waals surface area contributed by atoms with Gasteiger partial charge in [-0.25, -0.2) is 4.98 Å². The molecule has 0 spiro atoms. The predicted molar refractivity (Wildman–Crippen MR) is 67.1 cm³/mol. The summed E-state index contributed by atoms with van der Waals surface area (Å²) >= 11 is 2.03. The van der Waals surface area contributed by atoms with E-state index in [1.165, 1.54) is 0 Å². The minimum atomic E-state index is -0.0549. The molecule has 15 heavy (non-hydrogen) atoms. The van der Waals surface area contributed by atoms with Crippen molar-refractivity contribution in [1.82, 2.24) is 9.97 Å². The molecule has 0 aliphatic carbocycles. The average Bonchev–Trinajstić information content (AvgIpc) is 2.22. The third-order valence-corrected chi connectivity index (χ3v) is 3.31. The Morgan fingerprint density at radius 2 is 2.27 bits per heavy atom. The summed E-state index contributed by atoms with van der Waals surface area (Å²) < 4.78 is 5.82. The maximum atomic E-state index is 11.5. The van der Waals surface area contributed by atoms with Crippen molar-refractivity contribution >= 4 is 22.6 Å². The Hall–Kier alpha value is -0.430. The molecule has 0 aliphatic rings. The van der Waals surface area contributed by atoms with E-state index in [9.17, 15) is 4.79 Å². The highest BCUT2D eigenvalue weighted by atomic mass is 127. The van der Waals surface area contributed by atoms with Crippen LogP contribution < -0.4 is 5.56 Å². The normalized spacial score (nSPS) is 12.8. The molecule has 0 saturated heterocycles. The van der Waals surface area contributed by atoms with Gasteiger partial charge in [-0.15, -0.1) is 0 Å². The van der Waals surface area contributed by atoms with Gasteiger partial charge in [-0.2, -0.15) is 0 Å². The Kier molecular flexibility index (Phi) is 4.72. The topological polar surface area (TPSA) is 55.0 Å². The first kappa shape index (κ1) is 12.6. The van der Waals surface area contributed by atoms with Crippen molar-refractivity contribution in [3.63, 3.8) is 0 Å². The highest BCUT2D eigenvalue weighted by Crippen LogP contribution is 2.06. The van der Waals surface area contributed by atoms with E-state index in [1.807, 2.05) is 36.4 Å². The van der Waals surface area contributed by atoms with Crippen molar-refractivity contribution in [3.05, 3.63) is 25.4 Å². The van der Waals surface area contributed by atoms with E-state index in [0.29, 0.717) is 15.8 Å².